The second-order valence-electron chi connectivity index (χ2n) is 5.75. The number of hydrogen-bond acceptors (Lipinski definition) is 2. The van der Waals surface area contributed by atoms with Gasteiger partial charge >= 0.3 is 0 Å². The minimum Gasteiger partial charge on any atom is -0.544 e. The Morgan fingerprint density at radius 3 is 2.00 bits per heavy atom. The summed E-state index contributed by atoms with van der Waals surface area (Å²) in [5, 5.41) is 0.162. The predicted octanol–water partition coefficient (Wildman–Crippen LogP) is 3.17. The quantitative estimate of drug-likeness (QED) is 0.839. The van der Waals surface area contributed by atoms with Crippen LogP contribution in [-0.4, -0.2) is 14.2 Å². The first kappa shape index (κ1) is 13.8. The summed E-state index contributed by atoms with van der Waals surface area (Å²) in [6, 6.07) is 7.01. The molecule has 17 heavy (non-hydrogen) atoms. The predicted molar refractivity (Wildman–Crippen MR) is 72.8 cm³/mol. The van der Waals surface area contributed by atoms with E-state index < -0.39 is 14.2 Å². The molecule has 0 saturated heterocycles. The summed E-state index contributed by atoms with van der Waals surface area (Å²) in [4.78, 5) is 10.9. The SMILES string of the molecule is CC(C)(C)[Si](C)(C)Oc1ccc(C(N)=O)cc1. The molecule has 4 heteroatoms. The van der Waals surface area contributed by atoms with Gasteiger partial charge in [-0.05, 0) is 42.4 Å². The molecule has 0 fully saturated rings. The van der Waals surface area contributed by atoms with Crippen LogP contribution >= 0.6 is 0 Å². The van der Waals surface area contributed by atoms with E-state index in [4.69, 9.17) is 10.2 Å². The number of amides is 1. The molecule has 94 valence electrons. The first-order valence-electron chi connectivity index (χ1n) is 5.72. The zero-order chi connectivity index (χ0) is 13.3. The van der Waals surface area contributed by atoms with Crippen LogP contribution in [0.3, 0.4) is 0 Å². The second-order valence-corrected chi connectivity index (χ2v) is 10.5. The molecule has 1 aromatic rings. The summed E-state index contributed by atoms with van der Waals surface area (Å²) >= 11 is 0. The molecule has 0 bridgehead atoms. The lowest BCUT2D eigenvalue weighted by Crippen LogP contribution is -2.43. The lowest BCUT2D eigenvalue weighted by Gasteiger charge is -2.36. The van der Waals surface area contributed by atoms with E-state index in [-0.39, 0.29) is 5.04 Å². The fraction of sp³-hybridized carbons (Fsp3) is 0.462. The van der Waals surface area contributed by atoms with Crippen molar-refractivity contribution in [2.24, 2.45) is 5.73 Å². The Hall–Kier alpha value is -1.29. The molecule has 3 nitrogen and oxygen atoms in total. The molecule has 1 amide bonds. The van der Waals surface area contributed by atoms with Crippen LogP contribution < -0.4 is 10.2 Å². The van der Waals surface area contributed by atoms with Gasteiger partial charge in [-0.2, -0.15) is 0 Å². The number of benzene rings is 1. The highest BCUT2D eigenvalue weighted by Crippen LogP contribution is 2.37. The standard InChI is InChI=1S/C13H21NO2Si/c1-13(2,3)17(4,5)16-11-8-6-10(7-9-11)12(14)15/h6-9H,1-5H3,(H2,14,15). The zero-order valence-corrected chi connectivity index (χ0v) is 12.2. The number of carbonyl (C=O) groups excluding carboxylic acids is 1. The Balaban J connectivity index is 2.86. The highest BCUT2D eigenvalue weighted by Gasteiger charge is 2.38. The lowest BCUT2D eigenvalue weighted by atomic mass is 10.2. The second kappa shape index (κ2) is 4.53. The van der Waals surface area contributed by atoms with Crippen molar-refractivity contribution in [1.29, 1.82) is 0 Å². The van der Waals surface area contributed by atoms with Crippen molar-refractivity contribution in [2.45, 2.75) is 38.9 Å². The number of rotatable bonds is 3. The van der Waals surface area contributed by atoms with Crippen molar-refractivity contribution in [3.8, 4) is 5.75 Å². The minimum absolute atomic E-state index is 0.162. The molecule has 0 radical (unpaired) electrons. The van der Waals surface area contributed by atoms with Crippen molar-refractivity contribution in [3.05, 3.63) is 29.8 Å². The van der Waals surface area contributed by atoms with Gasteiger partial charge in [-0.1, -0.05) is 20.8 Å². The van der Waals surface area contributed by atoms with Gasteiger partial charge in [0.05, 0.1) is 0 Å². The van der Waals surface area contributed by atoms with Crippen LogP contribution in [-0.2, 0) is 0 Å². The summed E-state index contributed by atoms with van der Waals surface area (Å²) in [5.74, 6) is 0.394. The molecule has 0 aliphatic rings. The summed E-state index contributed by atoms with van der Waals surface area (Å²) in [7, 11) is -1.81. The van der Waals surface area contributed by atoms with Crippen LogP contribution in [0, 0.1) is 0 Å². The third-order valence-corrected chi connectivity index (χ3v) is 7.68. The Kier molecular flexibility index (Phi) is 3.67. The molecule has 0 unspecified atom stereocenters. The van der Waals surface area contributed by atoms with Gasteiger partial charge in [0, 0.05) is 5.56 Å². The van der Waals surface area contributed by atoms with Crippen LogP contribution in [0.4, 0.5) is 0 Å². The molecule has 0 aliphatic carbocycles. The number of primary amides is 1. The van der Waals surface area contributed by atoms with E-state index >= 15 is 0 Å². The van der Waals surface area contributed by atoms with E-state index in [9.17, 15) is 4.79 Å². The van der Waals surface area contributed by atoms with E-state index in [1.165, 1.54) is 0 Å². The van der Waals surface area contributed by atoms with Gasteiger partial charge in [0.25, 0.3) is 0 Å². The van der Waals surface area contributed by atoms with E-state index in [0.717, 1.165) is 5.75 Å². The van der Waals surface area contributed by atoms with Crippen molar-refractivity contribution in [1.82, 2.24) is 0 Å². The Morgan fingerprint density at radius 2 is 1.65 bits per heavy atom. The van der Waals surface area contributed by atoms with Gasteiger partial charge in [0.15, 0.2) is 0 Å². The zero-order valence-electron chi connectivity index (χ0n) is 11.2. The molecule has 0 saturated carbocycles. The maximum atomic E-state index is 10.9. The van der Waals surface area contributed by atoms with E-state index in [1.54, 1.807) is 24.3 Å². The van der Waals surface area contributed by atoms with Crippen molar-refractivity contribution >= 4 is 14.2 Å². The van der Waals surface area contributed by atoms with Crippen LogP contribution in [0.15, 0.2) is 24.3 Å². The van der Waals surface area contributed by atoms with Gasteiger partial charge in [-0.15, -0.1) is 0 Å². The minimum atomic E-state index is -1.81. The van der Waals surface area contributed by atoms with E-state index in [1.807, 2.05) is 0 Å². The molecule has 1 aromatic carbocycles. The molecular weight excluding hydrogens is 230 g/mol. The topological polar surface area (TPSA) is 52.3 Å². The monoisotopic (exact) mass is 251 g/mol. The van der Waals surface area contributed by atoms with E-state index in [2.05, 4.69) is 33.9 Å². The summed E-state index contributed by atoms with van der Waals surface area (Å²) in [6.07, 6.45) is 0. The van der Waals surface area contributed by atoms with Crippen LogP contribution in [0.5, 0.6) is 5.75 Å². The molecule has 0 aromatic heterocycles. The number of hydrogen-bond donors (Lipinski definition) is 1. The van der Waals surface area contributed by atoms with Crippen molar-refractivity contribution in [3.63, 3.8) is 0 Å². The van der Waals surface area contributed by atoms with Gasteiger partial charge in [0.1, 0.15) is 5.75 Å². The van der Waals surface area contributed by atoms with Gasteiger partial charge in [0.2, 0.25) is 14.2 Å². The van der Waals surface area contributed by atoms with Crippen molar-refractivity contribution in [2.75, 3.05) is 0 Å². The molecule has 0 atom stereocenters. The highest BCUT2D eigenvalue weighted by atomic mass is 28.4. The fourth-order valence-electron chi connectivity index (χ4n) is 1.13. The average molecular weight is 251 g/mol. The Bertz CT molecular complexity index is 404. The largest absolute Gasteiger partial charge is 0.544 e. The summed E-state index contributed by atoms with van der Waals surface area (Å²) in [5.41, 5.74) is 5.70. The van der Waals surface area contributed by atoms with Crippen LogP contribution in [0.2, 0.25) is 18.1 Å². The Labute approximate surface area is 104 Å². The molecular formula is C13H21NO2Si. The fourth-order valence-corrected chi connectivity index (χ4v) is 2.17. The maximum Gasteiger partial charge on any atom is 0.250 e. The maximum absolute atomic E-state index is 10.9. The van der Waals surface area contributed by atoms with Gasteiger partial charge in [-0.25, -0.2) is 0 Å². The molecule has 1 rings (SSSR count). The normalized spacial score (nSPS) is 12.3. The van der Waals surface area contributed by atoms with Crippen LogP contribution in [0.1, 0.15) is 31.1 Å². The van der Waals surface area contributed by atoms with Crippen molar-refractivity contribution < 1.29 is 9.22 Å². The third kappa shape index (κ3) is 3.33. The molecule has 0 aliphatic heterocycles. The van der Waals surface area contributed by atoms with Gasteiger partial charge < -0.3 is 10.2 Å². The lowest BCUT2D eigenvalue weighted by molar-refractivity contribution is 0.100. The Morgan fingerprint density at radius 1 is 1.18 bits per heavy atom. The average Bonchev–Trinajstić information content (AvgIpc) is 2.16. The smallest absolute Gasteiger partial charge is 0.250 e. The number of nitrogens with two attached hydrogens (primary N) is 1. The summed E-state index contributed by atoms with van der Waals surface area (Å²) < 4.78 is 6.09. The third-order valence-electron chi connectivity index (χ3n) is 3.32. The molecule has 0 spiro atoms. The van der Waals surface area contributed by atoms with Crippen LogP contribution in [0.25, 0.3) is 0 Å². The van der Waals surface area contributed by atoms with Gasteiger partial charge in [-0.3, -0.25) is 4.79 Å². The first-order valence-corrected chi connectivity index (χ1v) is 8.63. The molecule has 2 N–H and O–H groups in total. The summed E-state index contributed by atoms with van der Waals surface area (Å²) in [6.45, 7) is 11.0. The van der Waals surface area contributed by atoms with E-state index in [0.29, 0.717) is 5.56 Å². The first-order chi connectivity index (χ1) is 7.63. The highest BCUT2D eigenvalue weighted by molar-refractivity contribution is 6.74. The molecule has 0 heterocycles. The number of carbonyl (C=O) groups is 1.